The number of nitrogens with zero attached hydrogens (tertiary/aromatic N) is 4. The Hall–Kier alpha value is -8.34. The normalized spacial score (nSPS) is 13.2. The van der Waals surface area contributed by atoms with Crippen molar-refractivity contribution in [3.63, 3.8) is 0 Å². The molecule has 14 rings (SSSR count). The van der Waals surface area contributed by atoms with E-state index >= 15 is 0 Å². The second-order valence-corrected chi connectivity index (χ2v) is 16.8. The summed E-state index contributed by atoms with van der Waals surface area (Å²) in [5, 5.41) is 5.67. The molecule has 0 atom stereocenters. The molecule has 12 aromatic rings. The molecule has 0 amide bonds. The average molecular weight is 799 g/mol. The molecule has 0 bridgehead atoms. The summed E-state index contributed by atoms with van der Waals surface area (Å²) < 4.78 is 0. The summed E-state index contributed by atoms with van der Waals surface area (Å²) in [7, 11) is 0. The van der Waals surface area contributed by atoms with Gasteiger partial charge < -0.3 is 0 Å². The van der Waals surface area contributed by atoms with Crippen molar-refractivity contribution in [2.24, 2.45) is 0 Å². The summed E-state index contributed by atoms with van der Waals surface area (Å²) in [6, 6.07) is 72.3. The summed E-state index contributed by atoms with van der Waals surface area (Å²) in [5.41, 5.74) is 20.4. The van der Waals surface area contributed by atoms with E-state index in [0.717, 1.165) is 88.2 Å². The molecule has 0 aliphatic heterocycles. The first-order valence-electron chi connectivity index (χ1n) is 21.5. The van der Waals surface area contributed by atoms with E-state index < -0.39 is 5.41 Å². The van der Waals surface area contributed by atoms with E-state index in [1.165, 1.54) is 44.5 Å². The van der Waals surface area contributed by atoms with Crippen molar-refractivity contribution in [3.05, 3.63) is 229 Å². The number of rotatable bonds is 3. The molecule has 1 spiro atoms. The summed E-state index contributed by atoms with van der Waals surface area (Å²) in [5.74, 6) is 0. The second-order valence-electron chi connectivity index (χ2n) is 16.8. The van der Waals surface area contributed by atoms with Crippen LogP contribution in [0, 0.1) is 0 Å². The van der Waals surface area contributed by atoms with E-state index in [4.69, 9.17) is 15.0 Å². The lowest BCUT2D eigenvalue weighted by molar-refractivity contribution is 0.794. The molecule has 4 nitrogen and oxygen atoms in total. The van der Waals surface area contributed by atoms with Gasteiger partial charge in [0.1, 0.15) is 0 Å². The fourth-order valence-corrected chi connectivity index (χ4v) is 11.0. The van der Waals surface area contributed by atoms with Gasteiger partial charge in [-0.1, -0.05) is 176 Å². The van der Waals surface area contributed by atoms with Crippen LogP contribution in [0.1, 0.15) is 22.3 Å². The van der Waals surface area contributed by atoms with Crippen LogP contribution in [0.5, 0.6) is 0 Å². The molecule has 0 saturated carbocycles. The average Bonchev–Trinajstić information content (AvgIpc) is 3.82. The Bertz CT molecular complexity index is 3860. The number of para-hydroxylation sites is 3. The first-order chi connectivity index (χ1) is 31.2. The minimum Gasteiger partial charge on any atom is -0.252 e. The van der Waals surface area contributed by atoms with Crippen LogP contribution in [0.25, 0.3) is 110 Å². The smallest absolute Gasteiger partial charge is 0.0894 e. The molecule has 3 aromatic heterocycles. The molecule has 3 heterocycles. The quantitative estimate of drug-likeness (QED) is 0.132. The van der Waals surface area contributed by atoms with Crippen LogP contribution in [0.2, 0.25) is 0 Å². The number of fused-ring (bicyclic) bond motifs is 17. The Morgan fingerprint density at radius 3 is 1.79 bits per heavy atom. The van der Waals surface area contributed by atoms with Crippen molar-refractivity contribution in [1.29, 1.82) is 0 Å². The van der Waals surface area contributed by atoms with Gasteiger partial charge in [0.15, 0.2) is 0 Å². The van der Waals surface area contributed by atoms with Gasteiger partial charge >= 0.3 is 0 Å². The van der Waals surface area contributed by atoms with Gasteiger partial charge in [0.25, 0.3) is 0 Å². The molecular weight excluding hydrogens is 765 g/mol. The molecule has 0 saturated heterocycles. The maximum absolute atomic E-state index is 5.88. The minimum absolute atomic E-state index is 0.568. The molecule has 2 aliphatic rings. The Balaban J connectivity index is 1.04. The summed E-state index contributed by atoms with van der Waals surface area (Å²) in [6.07, 6.45) is 1.86. The zero-order valence-electron chi connectivity index (χ0n) is 33.9. The van der Waals surface area contributed by atoms with Crippen LogP contribution in [-0.2, 0) is 5.41 Å². The lowest BCUT2D eigenvalue weighted by atomic mass is 9.70. The molecule has 2 aliphatic carbocycles. The van der Waals surface area contributed by atoms with Gasteiger partial charge in [0.05, 0.1) is 50.6 Å². The third kappa shape index (κ3) is 4.69. The summed E-state index contributed by atoms with van der Waals surface area (Å²) in [6.45, 7) is 0. The van der Waals surface area contributed by atoms with Gasteiger partial charge in [-0.2, -0.15) is 0 Å². The Labute approximate surface area is 362 Å². The number of pyridine rings is 2. The van der Waals surface area contributed by atoms with Crippen LogP contribution in [-0.4, -0.2) is 19.9 Å². The Kier molecular flexibility index (Phi) is 7.01. The molecule has 4 heteroatoms. The van der Waals surface area contributed by atoms with Gasteiger partial charge in [0.2, 0.25) is 0 Å². The van der Waals surface area contributed by atoms with Gasteiger partial charge in [0, 0.05) is 38.2 Å². The van der Waals surface area contributed by atoms with Gasteiger partial charge in [-0.05, 0) is 79.7 Å². The molecule has 0 unspecified atom stereocenters. The number of benzene rings is 9. The molecule has 9 aromatic carbocycles. The maximum atomic E-state index is 5.88. The SMILES string of the molecule is c1ccc(-c2c3ccccc3nc3c4c(ccc23)C2(c3ccccc3-c3ccccc32)c2cc3ccc5c(-c6ccc(-c7cnc8ccccc8n7)cc6)cccc5c3nc2-4)cc1. The lowest BCUT2D eigenvalue weighted by Gasteiger charge is -2.30. The van der Waals surface area contributed by atoms with Gasteiger partial charge in [-0.25, -0.2) is 15.0 Å². The van der Waals surface area contributed by atoms with E-state index in [-0.39, 0.29) is 0 Å². The first-order valence-corrected chi connectivity index (χ1v) is 21.5. The van der Waals surface area contributed by atoms with Crippen molar-refractivity contribution < 1.29 is 0 Å². The summed E-state index contributed by atoms with van der Waals surface area (Å²) >= 11 is 0. The van der Waals surface area contributed by atoms with Crippen molar-refractivity contribution in [1.82, 2.24) is 19.9 Å². The maximum Gasteiger partial charge on any atom is 0.0894 e. The predicted molar refractivity (Wildman–Crippen MR) is 258 cm³/mol. The lowest BCUT2D eigenvalue weighted by Crippen LogP contribution is -2.26. The molecule has 63 heavy (non-hydrogen) atoms. The summed E-state index contributed by atoms with van der Waals surface area (Å²) in [4.78, 5) is 21.0. The van der Waals surface area contributed by atoms with E-state index in [9.17, 15) is 0 Å². The highest BCUT2D eigenvalue weighted by Gasteiger charge is 2.53. The first kappa shape index (κ1) is 34.4. The molecule has 290 valence electrons. The van der Waals surface area contributed by atoms with Crippen molar-refractivity contribution in [2.75, 3.05) is 0 Å². The fourth-order valence-electron chi connectivity index (χ4n) is 11.0. The van der Waals surface area contributed by atoms with E-state index in [1.54, 1.807) is 0 Å². The zero-order chi connectivity index (χ0) is 41.2. The van der Waals surface area contributed by atoms with E-state index in [0.29, 0.717) is 0 Å². The van der Waals surface area contributed by atoms with E-state index in [1.807, 2.05) is 30.5 Å². The van der Waals surface area contributed by atoms with Crippen molar-refractivity contribution in [3.8, 4) is 55.9 Å². The largest absolute Gasteiger partial charge is 0.252 e. The fraction of sp³-hybridized carbons (Fsp3) is 0.0169. The molecular formula is C59H34N4. The number of hydrogen-bond acceptors (Lipinski definition) is 4. The van der Waals surface area contributed by atoms with Crippen LogP contribution in [0.15, 0.2) is 206 Å². The van der Waals surface area contributed by atoms with Crippen molar-refractivity contribution >= 4 is 54.5 Å². The molecule has 0 N–H and O–H groups in total. The van der Waals surface area contributed by atoms with Crippen LogP contribution < -0.4 is 0 Å². The predicted octanol–water partition coefficient (Wildman–Crippen LogP) is 14.4. The topological polar surface area (TPSA) is 51.6 Å². The monoisotopic (exact) mass is 798 g/mol. The van der Waals surface area contributed by atoms with Crippen LogP contribution >= 0.6 is 0 Å². The van der Waals surface area contributed by atoms with Crippen LogP contribution in [0.3, 0.4) is 0 Å². The number of hydrogen-bond donors (Lipinski definition) is 0. The Morgan fingerprint density at radius 1 is 0.333 bits per heavy atom. The minimum atomic E-state index is -0.568. The standard InChI is InChI=1S/C59H34N4/c1-2-13-37(14-3-1)54-44-17-6-9-22-50(44)62-57-45(54)31-32-48-55(57)58-49(59(48)46-20-7-4-15-41(46)42-16-5-8-21-47(42)59)33-38-29-30-40-39(18-12-19-43(40)56(38)63-58)35-25-27-36(28-26-35)53-34-60-51-23-10-11-24-52(51)61-53/h1-34H. The van der Waals surface area contributed by atoms with Gasteiger partial charge in [-0.15, -0.1) is 0 Å². The highest BCUT2D eigenvalue weighted by molar-refractivity contribution is 6.17. The highest BCUT2D eigenvalue weighted by atomic mass is 14.8. The zero-order valence-corrected chi connectivity index (χ0v) is 33.9. The Morgan fingerprint density at radius 2 is 0.984 bits per heavy atom. The second kappa shape index (κ2) is 12.8. The van der Waals surface area contributed by atoms with E-state index in [2.05, 4.69) is 181 Å². The molecule has 0 fully saturated rings. The van der Waals surface area contributed by atoms with Gasteiger partial charge in [-0.3, -0.25) is 4.98 Å². The van der Waals surface area contributed by atoms with Crippen LogP contribution in [0.4, 0.5) is 0 Å². The number of aromatic nitrogens is 4. The third-order valence-corrected chi connectivity index (χ3v) is 13.7. The van der Waals surface area contributed by atoms with Crippen molar-refractivity contribution in [2.45, 2.75) is 5.41 Å². The molecule has 0 radical (unpaired) electrons. The third-order valence-electron chi connectivity index (χ3n) is 13.7. The highest BCUT2D eigenvalue weighted by Crippen LogP contribution is 2.64.